The lowest BCUT2D eigenvalue weighted by Crippen LogP contribution is -2.23. The highest BCUT2D eigenvalue weighted by atomic mass is 16.6. The van der Waals surface area contributed by atoms with Gasteiger partial charge < -0.3 is 9.57 Å². The van der Waals surface area contributed by atoms with Gasteiger partial charge in [-0.2, -0.15) is 0 Å². The molecule has 0 saturated heterocycles. The maximum Gasteiger partial charge on any atom is 0.0705 e. The van der Waals surface area contributed by atoms with Crippen molar-refractivity contribution in [1.82, 2.24) is 5.48 Å². The van der Waals surface area contributed by atoms with Gasteiger partial charge in [0.2, 0.25) is 0 Å². The molecule has 0 spiro atoms. The topological polar surface area (TPSA) is 30.5 Å². The average molecular weight is 189 g/mol. The molecule has 3 nitrogen and oxygen atoms in total. The zero-order valence-electron chi connectivity index (χ0n) is 9.30. The van der Waals surface area contributed by atoms with Crippen LogP contribution in [0.25, 0.3) is 0 Å². The van der Waals surface area contributed by atoms with Gasteiger partial charge in [0, 0.05) is 13.2 Å². The van der Waals surface area contributed by atoms with Gasteiger partial charge in [0.25, 0.3) is 0 Å². The number of rotatable bonds is 8. The molecule has 0 rings (SSSR count). The second-order valence-electron chi connectivity index (χ2n) is 4.07. The van der Waals surface area contributed by atoms with Crippen LogP contribution in [0.15, 0.2) is 0 Å². The highest BCUT2D eigenvalue weighted by Gasteiger charge is 1.94. The van der Waals surface area contributed by atoms with Crippen molar-refractivity contribution >= 4 is 0 Å². The molecule has 0 aromatic rings. The van der Waals surface area contributed by atoms with Crippen LogP contribution in [-0.4, -0.2) is 26.4 Å². The Morgan fingerprint density at radius 2 is 1.62 bits per heavy atom. The molecule has 1 N–H and O–H groups in total. The number of ether oxygens (including phenoxy) is 1. The van der Waals surface area contributed by atoms with Crippen LogP contribution >= 0.6 is 0 Å². The molecule has 0 aliphatic heterocycles. The Kier molecular flexibility index (Phi) is 8.40. The number of hydroxylamine groups is 1. The van der Waals surface area contributed by atoms with E-state index in [-0.39, 0.29) is 0 Å². The fraction of sp³-hybridized carbons (Fsp3) is 1.00. The van der Waals surface area contributed by atoms with Crippen molar-refractivity contribution in [3.63, 3.8) is 0 Å². The molecule has 13 heavy (non-hydrogen) atoms. The minimum absolute atomic E-state index is 0.573. The third-order valence-corrected chi connectivity index (χ3v) is 1.32. The predicted molar refractivity (Wildman–Crippen MR) is 54.4 cm³/mol. The van der Waals surface area contributed by atoms with Crippen LogP contribution in [0.4, 0.5) is 0 Å². The fourth-order valence-corrected chi connectivity index (χ4v) is 0.731. The van der Waals surface area contributed by atoms with Gasteiger partial charge in [0.1, 0.15) is 0 Å². The fourth-order valence-electron chi connectivity index (χ4n) is 0.731. The van der Waals surface area contributed by atoms with Crippen molar-refractivity contribution in [1.29, 1.82) is 0 Å². The SMILES string of the molecule is CC(C)COCCNOCC(C)C. The third-order valence-electron chi connectivity index (χ3n) is 1.32. The van der Waals surface area contributed by atoms with Gasteiger partial charge in [-0.25, -0.2) is 5.48 Å². The lowest BCUT2D eigenvalue weighted by Gasteiger charge is -2.09. The largest absolute Gasteiger partial charge is 0.380 e. The van der Waals surface area contributed by atoms with Gasteiger partial charge >= 0.3 is 0 Å². The van der Waals surface area contributed by atoms with Gasteiger partial charge in [-0.1, -0.05) is 27.7 Å². The molecule has 0 radical (unpaired) electrons. The number of hydrogen-bond donors (Lipinski definition) is 1. The maximum absolute atomic E-state index is 5.36. The Hall–Kier alpha value is -0.120. The third kappa shape index (κ3) is 11.9. The second-order valence-corrected chi connectivity index (χ2v) is 4.07. The lowest BCUT2D eigenvalue weighted by atomic mass is 10.2. The summed E-state index contributed by atoms with van der Waals surface area (Å²) in [4.78, 5) is 5.17. The van der Waals surface area contributed by atoms with E-state index in [2.05, 4.69) is 33.2 Å². The van der Waals surface area contributed by atoms with Crippen molar-refractivity contribution in [2.45, 2.75) is 27.7 Å². The zero-order valence-corrected chi connectivity index (χ0v) is 9.30. The highest BCUT2D eigenvalue weighted by Crippen LogP contribution is 1.91. The normalized spacial score (nSPS) is 11.5. The molecule has 0 aliphatic rings. The van der Waals surface area contributed by atoms with Crippen LogP contribution in [0.5, 0.6) is 0 Å². The van der Waals surface area contributed by atoms with Gasteiger partial charge in [-0.15, -0.1) is 0 Å². The highest BCUT2D eigenvalue weighted by molar-refractivity contribution is 4.41. The minimum Gasteiger partial charge on any atom is -0.380 e. The van der Waals surface area contributed by atoms with Crippen molar-refractivity contribution in [2.75, 3.05) is 26.4 Å². The second kappa shape index (κ2) is 8.48. The summed E-state index contributed by atoms with van der Waals surface area (Å²) in [5, 5.41) is 0. The molecule has 0 aromatic carbocycles. The summed E-state index contributed by atoms with van der Waals surface area (Å²) < 4.78 is 5.36. The van der Waals surface area contributed by atoms with E-state index in [4.69, 9.17) is 9.57 Å². The first kappa shape index (κ1) is 12.9. The summed E-state index contributed by atoms with van der Waals surface area (Å²) in [5.74, 6) is 1.18. The minimum atomic E-state index is 0.573. The van der Waals surface area contributed by atoms with E-state index in [0.29, 0.717) is 11.8 Å². The molecular formula is C10H23NO2. The Bertz CT molecular complexity index is 93.1. The molecule has 0 amide bonds. The first-order valence-corrected chi connectivity index (χ1v) is 5.05. The van der Waals surface area contributed by atoms with E-state index in [0.717, 1.165) is 26.4 Å². The molecule has 0 bridgehead atoms. The van der Waals surface area contributed by atoms with E-state index in [9.17, 15) is 0 Å². The average Bonchev–Trinajstić information content (AvgIpc) is 2.01. The van der Waals surface area contributed by atoms with Gasteiger partial charge in [-0.3, -0.25) is 0 Å². The zero-order chi connectivity index (χ0) is 10.1. The van der Waals surface area contributed by atoms with E-state index in [1.165, 1.54) is 0 Å². The van der Waals surface area contributed by atoms with Crippen molar-refractivity contribution in [2.24, 2.45) is 11.8 Å². The van der Waals surface area contributed by atoms with E-state index >= 15 is 0 Å². The van der Waals surface area contributed by atoms with Crippen LogP contribution in [0, 0.1) is 11.8 Å². The number of nitrogens with one attached hydrogen (secondary N) is 1. The van der Waals surface area contributed by atoms with Gasteiger partial charge in [0.15, 0.2) is 0 Å². The van der Waals surface area contributed by atoms with E-state index < -0.39 is 0 Å². The predicted octanol–water partition coefficient (Wildman–Crippen LogP) is 1.84. The van der Waals surface area contributed by atoms with Crippen LogP contribution < -0.4 is 5.48 Å². The molecule has 3 heteroatoms. The van der Waals surface area contributed by atoms with E-state index in [1.54, 1.807) is 0 Å². The molecule has 0 aromatic heterocycles. The molecule has 0 heterocycles. The quantitative estimate of drug-likeness (QED) is 0.467. The molecular weight excluding hydrogens is 166 g/mol. The van der Waals surface area contributed by atoms with Crippen LogP contribution in [0.3, 0.4) is 0 Å². The molecule has 0 atom stereocenters. The summed E-state index contributed by atoms with van der Waals surface area (Å²) in [6.07, 6.45) is 0. The smallest absolute Gasteiger partial charge is 0.0705 e. The standard InChI is InChI=1S/C10H23NO2/c1-9(2)7-12-6-5-11-13-8-10(3)4/h9-11H,5-8H2,1-4H3. The molecule has 0 aliphatic carbocycles. The summed E-state index contributed by atoms with van der Waals surface area (Å²) in [5.41, 5.74) is 2.87. The Morgan fingerprint density at radius 1 is 1.00 bits per heavy atom. The van der Waals surface area contributed by atoms with E-state index in [1.807, 2.05) is 0 Å². The molecule has 0 saturated carbocycles. The van der Waals surface area contributed by atoms with Crippen molar-refractivity contribution < 1.29 is 9.57 Å². The summed E-state index contributed by atoms with van der Waals surface area (Å²) in [6.45, 7) is 11.6. The Morgan fingerprint density at radius 3 is 2.15 bits per heavy atom. The molecule has 0 fully saturated rings. The van der Waals surface area contributed by atoms with Crippen LogP contribution in [0.2, 0.25) is 0 Å². The van der Waals surface area contributed by atoms with Crippen LogP contribution in [0.1, 0.15) is 27.7 Å². The van der Waals surface area contributed by atoms with Crippen molar-refractivity contribution in [3.05, 3.63) is 0 Å². The summed E-state index contributed by atoms with van der Waals surface area (Å²) >= 11 is 0. The first-order valence-electron chi connectivity index (χ1n) is 5.05. The summed E-state index contributed by atoms with van der Waals surface area (Å²) in [6, 6.07) is 0. The lowest BCUT2D eigenvalue weighted by molar-refractivity contribution is 0.00425. The maximum atomic E-state index is 5.36. The number of hydrogen-bond acceptors (Lipinski definition) is 3. The summed E-state index contributed by atoms with van der Waals surface area (Å²) in [7, 11) is 0. The van der Waals surface area contributed by atoms with Gasteiger partial charge in [0.05, 0.1) is 13.2 Å². The monoisotopic (exact) mass is 189 g/mol. The van der Waals surface area contributed by atoms with Crippen molar-refractivity contribution in [3.8, 4) is 0 Å². The first-order chi connectivity index (χ1) is 6.13. The van der Waals surface area contributed by atoms with Gasteiger partial charge in [-0.05, 0) is 11.8 Å². The Balaban J connectivity index is 2.92. The van der Waals surface area contributed by atoms with Crippen LogP contribution in [-0.2, 0) is 9.57 Å². The molecule has 0 unspecified atom stereocenters. The Labute approximate surface area is 81.8 Å². The molecule has 80 valence electrons.